The Morgan fingerprint density at radius 3 is 2.43 bits per heavy atom. The summed E-state index contributed by atoms with van der Waals surface area (Å²) in [6.45, 7) is 7.43. The van der Waals surface area contributed by atoms with E-state index in [2.05, 4.69) is 9.71 Å². The first kappa shape index (κ1) is 17.5. The number of methoxy groups -OCH3 is 1. The zero-order valence-corrected chi connectivity index (χ0v) is 14.9. The Labute approximate surface area is 136 Å². The number of hydrogen-bond donors (Lipinski definition) is 1. The Balaban J connectivity index is 2.13. The molecule has 0 bridgehead atoms. The predicted octanol–water partition coefficient (Wildman–Crippen LogP) is 2.44. The third kappa shape index (κ3) is 3.92. The van der Waals surface area contributed by atoms with Crippen LogP contribution in [0, 0.1) is 27.7 Å². The molecule has 23 heavy (non-hydrogen) atoms. The fraction of sp³-hybridized carbons (Fsp3) is 0.438. The minimum Gasteiger partial charge on any atom is -0.496 e. The summed E-state index contributed by atoms with van der Waals surface area (Å²) in [4.78, 5) is 4.44. The second-order valence-corrected chi connectivity index (χ2v) is 7.21. The molecule has 0 fully saturated rings. The summed E-state index contributed by atoms with van der Waals surface area (Å²) in [5, 5.41) is 0. The van der Waals surface area contributed by atoms with Crippen molar-refractivity contribution >= 4 is 10.0 Å². The molecule has 1 N–H and O–H groups in total. The van der Waals surface area contributed by atoms with E-state index >= 15 is 0 Å². The van der Waals surface area contributed by atoms with Crippen molar-refractivity contribution in [2.45, 2.75) is 39.0 Å². The molecule has 0 aliphatic heterocycles. The van der Waals surface area contributed by atoms with Crippen LogP contribution in [-0.4, -0.2) is 27.1 Å². The second kappa shape index (κ2) is 6.72. The van der Waals surface area contributed by atoms with Crippen LogP contribution in [0.3, 0.4) is 0 Å². The average Bonchev–Trinajstić information content (AvgIpc) is 2.78. The topological polar surface area (TPSA) is 81.4 Å². The molecule has 0 aliphatic rings. The largest absolute Gasteiger partial charge is 0.496 e. The fourth-order valence-corrected chi connectivity index (χ4v) is 3.80. The lowest BCUT2D eigenvalue weighted by atomic mass is 10.1. The van der Waals surface area contributed by atoms with Crippen molar-refractivity contribution in [3.8, 4) is 5.75 Å². The Morgan fingerprint density at radius 1 is 1.17 bits per heavy atom. The molecule has 0 aliphatic carbocycles. The highest BCUT2D eigenvalue weighted by Crippen LogP contribution is 2.25. The quantitative estimate of drug-likeness (QED) is 0.875. The monoisotopic (exact) mass is 338 g/mol. The standard InChI is InChI=1S/C16H22N2O4S/c1-10-9-16(11(2)8-15(10)21-5)23(19,20)17-7-6-14-12(3)18-13(4)22-14/h8-9,17H,6-7H2,1-5H3. The second-order valence-electron chi connectivity index (χ2n) is 5.48. The van der Waals surface area contributed by atoms with Crippen LogP contribution in [0.2, 0.25) is 0 Å². The zero-order valence-electron chi connectivity index (χ0n) is 14.1. The van der Waals surface area contributed by atoms with E-state index in [1.54, 1.807) is 33.1 Å². The molecule has 126 valence electrons. The Kier molecular flexibility index (Phi) is 5.11. The number of oxazole rings is 1. The molecule has 0 radical (unpaired) electrons. The van der Waals surface area contributed by atoms with Crippen LogP contribution in [0.1, 0.15) is 28.5 Å². The molecule has 0 unspecified atom stereocenters. The van der Waals surface area contributed by atoms with Gasteiger partial charge in [-0.05, 0) is 44.0 Å². The third-order valence-electron chi connectivity index (χ3n) is 3.63. The number of hydrogen-bond acceptors (Lipinski definition) is 5. The van der Waals surface area contributed by atoms with Crippen LogP contribution < -0.4 is 9.46 Å². The molecule has 2 rings (SSSR count). The van der Waals surface area contributed by atoms with Gasteiger partial charge in [-0.2, -0.15) is 0 Å². The number of rotatable bonds is 6. The van der Waals surface area contributed by atoms with Crippen molar-refractivity contribution in [1.29, 1.82) is 0 Å². The Morgan fingerprint density at radius 2 is 1.87 bits per heavy atom. The van der Waals surface area contributed by atoms with Crippen LogP contribution in [0.15, 0.2) is 21.4 Å². The van der Waals surface area contributed by atoms with Crippen molar-refractivity contribution in [2.24, 2.45) is 0 Å². The van der Waals surface area contributed by atoms with Crippen LogP contribution in [0.5, 0.6) is 5.75 Å². The Hall–Kier alpha value is -1.86. The van der Waals surface area contributed by atoms with Crippen molar-refractivity contribution in [3.05, 3.63) is 40.6 Å². The molecular formula is C16H22N2O4S. The van der Waals surface area contributed by atoms with Gasteiger partial charge >= 0.3 is 0 Å². The molecule has 0 spiro atoms. The summed E-state index contributed by atoms with van der Waals surface area (Å²) >= 11 is 0. The van der Waals surface area contributed by atoms with Crippen molar-refractivity contribution in [2.75, 3.05) is 13.7 Å². The van der Waals surface area contributed by atoms with Gasteiger partial charge < -0.3 is 9.15 Å². The normalized spacial score (nSPS) is 11.7. The minimum absolute atomic E-state index is 0.252. The highest BCUT2D eigenvalue weighted by atomic mass is 32.2. The van der Waals surface area contributed by atoms with Crippen LogP contribution >= 0.6 is 0 Å². The number of benzene rings is 1. The fourth-order valence-electron chi connectivity index (χ4n) is 2.45. The summed E-state index contributed by atoms with van der Waals surface area (Å²) in [6.07, 6.45) is 0.458. The van der Waals surface area contributed by atoms with Crippen LogP contribution in [0.4, 0.5) is 0 Å². The summed E-state index contributed by atoms with van der Waals surface area (Å²) in [7, 11) is -2.02. The summed E-state index contributed by atoms with van der Waals surface area (Å²) < 4.78 is 38.2. The van der Waals surface area contributed by atoms with Gasteiger partial charge in [0, 0.05) is 19.9 Å². The van der Waals surface area contributed by atoms with E-state index in [0.717, 1.165) is 11.3 Å². The van der Waals surface area contributed by atoms with E-state index in [0.29, 0.717) is 29.4 Å². The lowest BCUT2D eigenvalue weighted by molar-refractivity contribution is 0.411. The predicted molar refractivity (Wildman–Crippen MR) is 87.3 cm³/mol. The van der Waals surface area contributed by atoms with Crippen molar-refractivity contribution < 1.29 is 17.6 Å². The van der Waals surface area contributed by atoms with Gasteiger partial charge in [-0.15, -0.1) is 0 Å². The summed E-state index contributed by atoms with van der Waals surface area (Å²) in [6, 6.07) is 3.36. The molecule has 2 aromatic rings. The minimum atomic E-state index is -3.58. The number of nitrogens with one attached hydrogen (secondary N) is 1. The van der Waals surface area contributed by atoms with Gasteiger partial charge in [0.2, 0.25) is 10.0 Å². The Bertz CT molecular complexity index is 810. The molecule has 6 nitrogen and oxygen atoms in total. The van der Waals surface area contributed by atoms with Gasteiger partial charge in [-0.1, -0.05) is 0 Å². The maximum atomic E-state index is 12.5. The van der Waals surface area contributed by atoms with Gasteiger partial charge in [-0.3, -0.25) is 0 Å². The third-order valence-corrected chi connectivity index (χ3v) is 5.23. The van der Waals surface area contributed by atoms with Crippen molar-refractivity contribution in [1.82, 2.24) is 9.71 Å². The number of nitrogens with zero attached hydrogens (tertiary/aromatic N) is 1. The summed E-state index contributed by atoms with van der Waals surface area (Å²) in [5.74, 6) is 1.96. The lowest BCUT2D eigenvalue weighted by Gasteiger charge is -2.12. The first-order valence-electron chi connectivity index (χ1n) is 7.32. The van der Waals surface area contributed by atoms with Crippen LogP contribution in [-0.2, 0) is 16.4 Å². The molecule has 0 amide bonds. The molecule has 1 heterocycles. The van der Waals surface area contributed by atoms with Gasteiger partial charge in [0.05, 0.1) is 17.7 Å². The van der Waals surface area contributed by atoms with Gasteiger partial charge in [0.25, 0.3) is 0 Å². The highest BCUT2D eigenvalue weighted by molar-refractivity contribution is 7.89. The zero-order chi connectivity index (χ0) is 17.2. The van der Waals surface area contributed by atoms with E-state index in [1.165, 1.54) is 0 Å². The van der Waals surface area contributed by atoms with E-state index in [4.69, 9.17) is 9.15 Å². The van der Waals surface area contributed by atoms with Crippen molar-refractivity contribution in [3.63, 3.8) is 0 Å². The molecule has 0 atom stereocenters. The number of aryl methyl sites for hydroxylation is 4. The van der Waals surface area contributed by atoms with E-state index < -0.39 is 10.0 Å². The smallest absolute Gasteiger partial charge is 0.240 e. The van der Waals surface area contributed by atoms with E-state index in [9.17, 15) is 8.42 Å². The highest BCUT2D eigenvalue weighted by Gasteiger charge is 2.19. The first-order chi connectivity index (χ1) is 10.7. The summed E-state index contributed by atoms with van der Waals surface area (Å²) in [5.41, 5.74) is 2.21. The molecule has 1 aromatic heterocycles. The number of aromatic nitrogens is 1. The number of sulfonamides is 1. The lowest BCUT2D eigenvalue weighted by Crippen LogP contribution is -2.26. The molecule has 0 saturated heterocycles. The molecule has 7 heteroatoms. The van der Waals surface area contributed by atoms with Crippen LogP contribution in [0.25, 0.3) is 0 Å². The molecule has 0 saturated carbocycles. The van der Waals surface area contributed by atoms with Gasteiger partial charge in [0.15, 0.2) is 5.89 Å². The maximum absolute atomic E-state index is 12.5. The number of ether oxygens (including phenoxy) is 1. The molecule has 1 aromatic carbocycles. The SMILES string of the molecule is COc1cc(C)c(S(=O)(=O)NCCc2oc(C)nc2C)cc1C. The average molecular weight is 338 g/mol. The maximum Gasteiger partial charge on any atom is 0.240 e. The van der Waals surface area contributed by atoms with Gasteiger partial charge in [-0.25, -0.2) is 18.1 Å². The molecular weight excluding hydrogens is 316 g/mol. The van der Waals surface area contributed by atoms with E-state index in [1.807, 2.05) is 13.8 Å². The van der Waals surface area contributed by atoms with Gasteiger partial charge in [0.1, 0.15) is 11.5 Å². The van der Waals surface area contributed by atoms with E-state index in [-0.39, 0.29) is 11.4 Å². The first-order valence-corrected chi connectivity index (χ1v) is 8.80.